The number of esters is 1. The van der Waals surface area contributed by atoms with Crippen LogP contribution in [-0.2, 0) is 32.0 Å². The van der Waals surface area contributed by atoms with E-state index >= 15 is 0 Å². The van der Waals surface area contributed by atoms with E-state index in [4.69, 9.17) is 14.2 Å². The molecule has 1 unspecified atom stereocenters. The molecule has 1 saturated carbocycles. The molecule has 5 heteroatoms. The van der Waals surface area contributed by atoms with Crippen LogP contribution in [0.5, 0.6) is 0 Å². The van der Waals surface area contributed by atoms with Gasteiger partial charge in [-0.25, -0.2) is 0 Å². The Morgan fingerprint density at radius 3 is 2.67 bits per heavy atom. The predicted octanol–water partition coefficient (Wildman–Crippen LogP) is 6.48. The number of carbonyl (C=O) groups is 1. The van der Waals surface area contributed by atoms with Crippen molar-refractivity contribution in [3.63, 3.8) is 0 Å². The first kappa shape index (κ1) is 24.3. The van der Waals surface area contributed by atoms with Crippen LogP contribution in [0.15, 0.2) is 54.6 Å². The van der Waals surface area contributed by atoms with Gasteiger partial charge in [0.25, 0.3) is 0 Å². The molecule has 0 amide bonds. The summed E-state index contributed by atoms with van der Waals surface area (Å²) in [6.07, 6.45) is 8.11. The molecular formula is C28H36O4S. The Morgan fingerprint density at radius 2 is 1.94 bits per heavy atom. The second kappa shape index (κ2) is 12.0. The van der Waals surface area contributed by atoms with Crippen LogP contribution in [0.25, 0.3) is 0 Å². The SMILES string of the molecule is COC(=O)CC1(CS[C@H](CCc2ccccc2)c2cccc(COC3CCCCO3)c2)CC1. The summed E-state index contributed by atoms with van der Waals surface area (Å²) in [6.45, 7) is 1.39. The molecular weight excluding hydrogens is 432 g/mol. The van der Waals surface area contributed by atoms with Crippen molar-refractivity contribution < 1.29 is 19.0 Å². The van der Waals surface area contributed by atoms with Gasteiger partial charge in [-0.3, -0.25) is 4.79 Å². The summed E-state index contributed by atoms with van der Waals surface area (Å²) < 4.78 is 16.7. The molecule has 4 nitrogen and oxygen atoms in total. The van der Waals surface area contributed by atoms with Gasteiger partial charge in [-0.05, 0) is 67.1 Å². The van der Waals surface area contributed by atoms with E-state index in [0.717, 1.165) is 50.9 Å². The van der Waals surface area contributed by atoms with Crippen LogP contribution >= 0.6 is 11.8 Å². The second-order valence-corrected chi connectivity index (χ2v) is 10.6. The lowest BCUT2D eigenvalue weighted by Gasteiger charge is -2.23. The zero-order chi connectivity index (χ0) is 22.9. The van der Waals surface area contributed by atoms with Gasteiger partial charge in [0.15, 0.2) is 6.29 Å². The molecule has 0 spiro atoms. The molecule has 2 aliphatic rings. The van der Waals surface area contributed by atoms with Crippen molar-refractivity contribution in [2.24, 2.45) is 5.41 Å². The van der Waals surface area contributed by atoms with Crippen molar-refractivity contribution in [1.29, 1.82) is 0 Å². The van der Waals surface area contributed by atoms with Crippen molar-refractivity contribution in [1.82, 2.24) is 0 Å². The molecule has 1 heterocycles. The monoisotopic (exact) mass is 468 g/mol. The van der Waals surface area contributed by atoms with E-state index in [1.807, 2.05) is 11.8 Å². The molecule has 0 bridgehead atoms. The van der Waals surface area contributed by atoms with E-state index in [2.05, 4.69) is 54.6 Å². The number of carbonyl (C=O) groups excluding carboxylic acids is 1. The van der Waals surface area contributed by atoms with E-state index in [9.17, 15) is 4.79 Å². The molecule has 0 radical (unpaired) electrons. The number of benzene rings is 2. The Balaban J connectivity index is 1.41. The van der Waals surface area contributed by atoms with Crippen molar-refractivity contribution >= 4 is 17.7 Å². The van der Waals surface area contributed by atoms with Crippen LogP contribution in [0.3, 0.4) is 0 Å². The first-order chi connectivity index (χ1) is 16.2. The highest BCUT2D eigenvalue weighted by molar-refractivity contribution is 7.99. The van der Waals surface area contributed by atoms with Crippen LogP contribution in [0, 0.1) is 5.41 Å². The summed E-state index contributed by atoms with van der Waals surface area (Å²) in [5.74, 6) is 0.913. The minimum Gasteiger partial charge on any atom is -0.469 e. The number of thioether (sulfide) groups is 1. The maximum Gasteiger partial charge on any atom is 0.306 e. The van der Waals surface area contributed by atoms with Gasteiger partial charge in [-0.1, -0.05) is 54.6 Å². The topological polar surface area (TPSA) is 44.8 Å². The van der Waals surface area contributed by atoms with Crippen molar-refractivity contribution in [3.05, 3.63) is 71.3 Å². The van der Waals surface area contributed by atoms with Crippen LogP contribution < -0.4 is 0 Å². The van der Waals surface area contributed by atoms with Crippen LogP contribution in [-0.4, -0.2) is 31.7 Å². The molecule has 1 aliphatic carbocycles. The molecule has 178 valence electrons. The van der Waals surface area contributed by atoms with Gasteiger partial charge in [-0.15, -0.1) is 0 Å². The zero-order valence-electron chi connectivity index (χ0n) is 19.7. The number of hydrogen-bond donors (Lipinski definition) is 0. The Morgan fingerprint density at radius 1 is 1.12 bits per heavy atom. The highest BCUT2D eigenvalue weighted by Gasteiger charge is 2.45. The Hall–Kier alpha value is -1.82. The van der Waals surface area contributed by atoms with Crippen LogP contribution in [0.2, 0.25) is 0 Å². The maximum absolute atomic E-state index is 11.9. The minimum atomic E-state index is -0.0852. The quantitative estimate of drug-likeness (QED) is 0.334. The summed E-state index contributed by atoms with van der Waals surface area (Å²) in [6, 6.07) is 19.5. The molecule has 2 aromatic rings. The van der Waals surface area contributed by atoms with E-state index in [-0.39, 0.29) is 17.7 Å². The molecule has 1 saturated heterocycles. The lowest BCUT2D eigenvalue weighted by atomic mass is 10.0. The fourth-order valence-corrected chi connectivity index (χ4v) is 5.98. The van der Waals surface area contributed by atoms with Crippen molar-refractivity contribution in [2.45, 2.75) is 69.5 Å². The van der Waals surface area contributed by atoms with E-state index in [0.29, 0.717) is 18.3 Å². The molecule has 33 heavy (non-hydrogen) atoms. The average molecular weight is 469 g/mol. The summed E-state index contributed by atoms with van der Waals surface area (Å²) in [4.78, 5) is 11.9. The zero-order valence-corrected chi connectivity index (χ0v) is 20.5. The molecule has 1 aliphatic heterocycles. The lowest BCUT2D eigenvalue weighted by Crippen LogP contribution is -2.22. The summed E-state index contributed by atoms with van der Waals surface area (Å²) in [5, 5.41) is 0.381. The summed E-state index contributed by atoms with van der Waals surface area (Å²) in [7, 11) is 1.49. The largest absolute Gasteiger partial charge is 0.469 e. The molecule has 2 atom stereocenters. The molecule has 0 N–H and O–H groups in total. The van der Waals surface area contributed by atoms with Gasteiger partial charge in [-0.2, -0.15) is 11.8 Å². The highest BCUT2D eigenvalue weighted by atomic mass is 32.2. The standard InChI is InChI=1S/C28H36O4S/c1-30-26(29)19-28(15-16-28)21-33-25(14-13-22-8-3-2-4-9-22)24-11-7-10-23(18-24)20-32-27-12-5-6-17-31-27/h2-4,7-11,18,25,27H,5-6,12-17,19-21H2,1H3/t25-,27?/m1/s1. The average Bonchev–Trinajstić information content (AvgIpc) is 3.63. The molecule has 4 rings (SSSR count). The third kappa shape index (κ3) is 7.59. The van der Waals surface area contributed by atoms with Gasteiger partial charge < -0.3 is 14.2 Å². The second-order valence-electron chi connectivity index (χ2n) is 9.43. The van der Waals surface area contributed by atoms with Crippen LogP contribution in [0.1, 0.15) is 66.9 Å². The normalized spacial score (nSPS) is 20.2. The van der Waals surface area contributed by atoms with Gasteiger partial charge >= 0.3 is 5.97 Å². The van der Waals surface area contributed by atoms with Gasteiger partial charge in [0.05, 0.1) is 20.1 Å². The van der Waals surface area contributed by atoms with E-state index in [1.165, 1.54) is 30.2 Å². The molecule has 0 aromatic heterocycles. The fraction of sp³-hybridized carbons (Fsp3) is 0.536. The molecule has 2 fully saturated rings. The summed E-state index contributed by atoms with van der Waals surface area (Å²) >= 11 is 2.00. The van der Waals surface area contributed by atoms with Gasteiger partial charge in [0.2, 0.25) is 0 Å². The lowest BCUT2D eigenvalue weighted by molar-refractivity contribution is -0.168. The predicted molar refractivity (Wildman–Crippen MR) is 133 cm³/mol. The Labute approximate surface area is 202 Å². The van der Waals surface area contributed by atoms with Crippen molar-refractivity contribution in [2.75, 3.05) is 19.5 Å². The highest BCUT2D eigenvalue weighted by Crippen LogP contribution is 2.53. The first-order valence-electron chi connectivity index (χ1n) is 12.2. The van der Waals surface area contributed by atoms with Gasteiger partial charge in [0.1, 0.15) is 0 Å². The minimum absolute atomic E-state index is 0.0706. The van der Waals surface area contributed by atoms with E-state index < -0.39 is 0 Å². The number of methoxy groups -OCH3 is 1. The van der Waals surface area contributed by atoms with Gasteiger partial charge in [0, 0.05) is 17.6 Å². The third-order valence-corrected chi connectivity index (χ3v) is 8.42. The Kier molecular flexibility index (Phi) is 8.88. The summed E-state index contributed by atoms with van der Waals surface area (Å²) in [5.41, 5.74) is 4.04. The number of hydrogen-bond acceptors (Lipinski definition) is 5. The molecule has 2 aromatic carbocycles. The smallest absolute Gasteiger partial charge is 0.306 e. The van der Waals surface area contributed by atoms with Crippen molar-refractivity contribution in [3.8, 4) is 0 Å². The van der Waals surface area contributed by atoms with E-state index in [1.54, 1.807) is 0 Å². The number of rotatable bonds is 12. The van der Waals surface area contributed by atoms with Crippen LogP contribution in [0.4, 0.5) is 0 Å². The maximum atomic E-state index is 11.9. The third-order valence-electron chi connectivity index (χ3n) is 6.73. The Bertz CT molecular complexity index is 874. The fourth-order valence-electron chi connectivity index (χ4n) is 4.41. The number of ether oxygens (including phenoxy) is 3. The number of aryl methyl sites for hydroxylation is 1. The first-order valence-corrected chi connectivity index (χ1v) is 13.3.